The van der Waals surface area contributed by atoms with Crippen molar-refractivity contribution in [1.82, 2.24) is 15.1 Å². The zero-order valence-corrected chi connectivity index (χ0v) is 11.8. The van der Waals surface area contributed by atoms with Crippen molar-refractivity contribution in [2.24, 2.45) is 0 Å². The van der Waals surface area contributed by atoms with Crippen molar-refractivity contribution in [3.63, 3.8) is 0 Å². The third-order valence-electron chi connectivity index (χ3n) is 2.94. The topological polar surface area (TPSA) is 78.1 Å². The summed E-state index contributed by atoms with van der Waals surface area (Å²) in [4.78, 5) is 20.3. The normalized spacial score (nSPS) is 12.2. The Bertz CT molecular complexity index is 595. The summed E-state index contributed by atoms with van der Waals surface area (Å²) in [6.07, 6.45) is 2.21. The molecule has 0 N–H and O–H groups in total. The Morgan fingerprint density at radius 1 is 1.45 bits per heavy atom. The molecule has 1 unspecified atom stereocenters. The van der Waals surface area contributed by atoms with E-state index in [0.29, 0.717) is 24.5 Å². The molecule has 20 heavy (non-hydrogen) atoms. The lowest BCUT2D eigenvalue weighted by molar-refractivity contribution is -0.145. The van der Waals surface area contributed by atoms with Crippen LogP contribution in [0.4, 0.5) is 0 Å². The maximum absolute atomic E-state index is 11.8. The number of aromatic nitrogens is 3. The summed E-state index contributed by atoms with van der Waals surface area (Å²) in [6.45, 7) is 5.88. The van der Waals surface area contributed by atoms with Gasteiger partial charge >= 0.3 is 5.97 Å². The van der Waals surface area contributed by atoms with Crippen molar-refractivity contribution in [2.45, 2.75) is 33.1 Å². The van der Waals surface area contributed by atoms with Crippen LogP contribution in [0.3, 0.4) is 0 Å². The minimum Gasteiger partial charge on any atom is -0.465 e. The molecule has 0 radical (unpaired) electrons. The predicted molar refractivity (Wildman–Crippen MR) is 71.9 cm³/mol. The Kier molecular flexibility index (Phi) is 4.45. The zero-order chi connectivity index (χ0) is 14.5. The number of hydrogen-bond donors (Lipinski definition) is 0. The largest absolute Gasteiger partial charge is 0.465 e. The molecule has 0 amide bonds. The molecule has 6 heteroatoms. The van der Waals surface area contributed by atoms with E-state index in [4.69, 9.17) is 9.26 Å². The van der Waals surface area contributed by atoms with Crippen molar-refractivity contribution in [2.75, 3.05) is 6.61 Å². The highest BCUT2D eigenvalue weighted by molar-refractivity contribution is 5.76. The molecule has 6 nitrogen and oxygen atoms in total. The third-order valence-corrected chi connectivity index (χ3v) is 2.94. The van der Waals surface area contributed by atoms with Gasteiger partial charge in [-0.3, -0.25) is 9.78 Å². The molecule has 0 bridgehead atoms. The minimum atomic E-state index is -0.528. The van der Waals surface area contributed by atoms with Gasteiger partial charge in [0.1, 0.15) is 11.6 Å². The van der Waals surface area contributed by atoms with Crippen LogP contribution < -0.4 is 0 Å². The number of pyridine rings is 1. The number of rotatable bonds is 5. The van der Waals surface area contributed by atoms with Crippen molar-refractivity contribution in [3.05, 3.63) is 29.8 Å². The first-order valence-electron chi connectivity index (χ1n) is 6.59. The van der Waals surface area contributed by atoms with Crippen LogP contribution in [0.2, 0.25) is 0 Å². The number of aryl methyl sites for hydroxylation is 1. The molecule has 0 saturated carbocycles. The maximum atomic E-state index is 11.8. The molecule has 0 aliphatic rings. The van der Waals surface area contributed by atoms with Gasteiger partial charge in [0.15, 0.2) is 0 Å². The number of carbonyl (C=O) groups is 1. The molecule has 0 aromatic carbocycles. The summed E-state index contributed by atoms with van der Waals surface area (Å²) in [7, 11) is 0. The van der Waals surface area contributed by atoms with Crippen LogP contribution in [0.5, 0.6) is 0 Å². The van der Waals surface area contributed by atoms with Gasteiger partial charge in [-0.25, -0.2) is 0 Å². The third kappa shape index (κ3) is 2.84. The van der Waals surface area contributed by atoms with E-state index in [1.807, 2.05) is 26.0 Å². The Morgan fingerprint density at radius 2 is 2.25 bits per heavy atom. The van der Waals surface area contributed by atoms with Gasteiger partial charge in [-0.15, -0.1) is 0 Å². The lowest BCUT2D eigenvalue weighted by Crippen LogP contribution is -2.15. The highest BCUT2D eigenvalue weighted by Crippen LogP contribution is 2.23. The highest BCUT2D eigenvalue weighted by Gasteiger charge is 2.27. The molecule has 0 aliphatic heterocycles. The van der Waals surface area contributed by atoms with E-state index < -0.39 is 5.92 Å². The quantitative estimate of drug-likeness (QED) is 0.780. The molecule has 1 atom stereocenters. The zero-order valence-electron chi connectivity index (χ0n) is 11.8. The average Bonchev–Trinajstić information content (AvgIpc) is 2.90. The summed E-state index contributed by atoms with van der Waals surface area (Å²) in [5.74, 6) is -0.213. The fraction of sp³-hybridized carbons (Fsp3) is 0.429. The minimum absolute atomic E-state index is 0.269. The van der Waals surface area contributed by atoms with Gasteiger partial charge in [0.25, 0.3) is 0 Å². The second-order valence-electron chi connectivity index (χ2n) is 4.34. The van der Waals surface area contributed by atoms with E-state index in [-0.39, 0.29) is 11.9 Å². The van der Waals surface area contributed by atoms with Crippen LogP contribution in [0.15, 0.2) is 22.9 Å². The number of nitrogens with zero attached hydrogens (tertiary/aromatic N) is 3. The van der Waals surface area contributed by atoms with Crippen LogP contribution in [0.25, 0.3) is 11.5 Å². The van der Waals surface area contributed by atoms with Crippen LogP contribution in [-0.2, 0) is 9.53 Å². The van der Waals surface area contributed by atoms with Crippen molar-refractivity contribution in [3.8, 4) is 11.5 Å². The SMILES string of the molecule is CCOC(=O)C(CC)c1nc(-c2ncccc2C)no1. The average molecular weight is 275 g/mol. The standard InChI is InChI=1S/C14H17N3O3/c1-4-10(14(18)19-5-2)13-16-12(17-20-13)11-9(3)7-6-8-15-11/h6-8,10H,4-5H2,1-3H3. The molecule has 0 fully saturated rings. The molecule has 0 saturated heterocycles. The molecular formula is C14H17N3O3. The molecule has 106 valence electrons. The lowest BCUT2D eigenvalue weighted by Gasteiger charge is -2.08. The summed E-state index contributed by atoms with van der Waals surface area (Å²) in [5.41, 5.74) is 1.60. The van der Waals surface area contributed by atoms with Crippen LogP contribution >= 0.6 is 0 Å². The predicted octanol–water partition coefficient (Wildman–Crippen LogP) is 2.50. The van der Waals surface area contributed by atoms with E-state index in [9.17, 15) is 4.79 Å². The first kappa shape index (κ1) is 14.2. The van der Waals surface area contributed by atoms with Gasteiger partial charge < -0.3 is 9.26 Å². The molecule has 2 rings (SSSR count). The highest BCUT2D eigenvalue weighted by atomic mass is 16.5. The number of hydrogen-bond acceptors (Lipinski definition) is 6. The summed E-state index contributed by atoms with van der Waals surface area (Å²) >= 11 is 0. The molecular weight excluding hydrogens is 258 g/mol. The number of carbonyl (C=O) groups excluding carboxylic acids is 1. The summed E-state index contributed by atoms with van der Waals surface area (Å²) in [6, 6.07) is 3.76. The summed E-state index contributed by atoms with van der Waals surface area (Å²) in [5, 5.41) is 3.90. The van der Waals surface area contributed by atoms with E-state index in [1.165, 1.54) is 0 Å². The van der Waals surface area contributed by atoms with E-state index in [1.54, 1.807) is 13.1 Å². The maximum Gasteiger partial charge on any atom is 0.318 e. The second kappa shape index (κ2) is 6.27. The number of esters is 1. The van der Waals surface area contributed by atoms with Gasteiger partial charge in [0, 0.05) is 6.20 Å². The first-order chi connectivity index (χ1) is 9.67. The fourth-order valence-electron chi connectivity index (χ4n) is 1.88. The molecule has 2 heterocycles. The molecule has 0 spiro atoms. The monoisotopic (exact) mass is 275 g/mol. The van der Waals surface area contributed by atoms with Crippen LogP contribution in [0.1, 0.15) is 37.6 Å². The van der Waals surface area contributed by atoms with Gasteiger partial charge in [-0.1, -0.05) is 18.1 Å². The van der Waals surface area contributed by atoms with E-state index in [2.05, 4.69) is 15.1 Å². The Morgan fingerprint density at radius 3 is 2.90 bits per heavy atom. The van der Waals surface area contributed by atoms with Crippen molar-refractivity contribution >= 4 is 5.97 Å². The van der Waals surface area contributed by atoms with Crippen molar-refractivity contribution in [1.29, 1.82) is 0 Å². The second-order valence-corrected chi connectivity index (χ2v) is 4.34. The molecule has 0 aliphatic carbocycles. The first-order valence-corrected chi connectivity index (χ1v) is 6.59. The Balaban J connectivity index is 2.28. The van der Waals surface area contributed by atoms with Gasteiger partial charge in [0.2, 0.25) is 11.7 Å². The lowest BCUT2D eigenvalue weighted by atomic mass is 10.1. The smallest absolute Gasteiger partial charge is 0.318 e. The van der Waals surface area contributed by atoms with Gasteiger partial charge in [-0.05, 0) is 31.9 Å². The van der Waals surface area contributed by atoms with Crippen LogP contribution in [-0.4, -0.2) is 27.7 Å². The summed E-state index contributed by atoms with van der Waals surface area (Å²) < 4.78 is 10.2. The van der Waals surface area contributed by atoms with E-state index >= 15 is 0 Å². The van der Waals surface area contributed by atoms with Gasteiger partial charge in [0.05, 0.1) is 6.61 Å². The van der Waals surface area contributed by atoms with Gasteiger partial charge in [-0.2, -0.15) is 4.98 Å². The van der Waals surface area contributed by atoms with E-state index in [0.717, 1.165) is 5.56 Å². The molecule has 2 aromatic heterocycles. The fourth-order valence-corrected chi connectivity index (χ4v) is 1.88. The number of ether oxygens (including phenoxy) is 1. The Hall–Kier alpha value is -2.24. The molecule has 2 aromatic rings. The van der Waals surface area contributed by atoms with Crippen molar-refractivity contribution < 1.29 is 14.1 Å². The van der Waals surface area contributed by atoms with Crippen LogP contribution in [0, 0.1) is 6.92 Å². The Labute approximate surface area is 117 Å².